The molecule has 6 nitrogen and oxygen atoms in total. The highest BCUT2D eigenvalue weighted by Crippen LogP contribution is 2.25. The number of anilines is 1. The summed E-state index contributed by atoms with van der Waals surface area (Å²) in [5.41, 5.74) is 2.67. The first kappa shape index (κ1) is 18.9. The zero-order valence-corrected chi connectivity index (χ0v) is 15.9. The predicted octanol–water partition coefficient (Wildman–Crippen LogP) is 3.86. The Bertz CT molecular complexity index is 984. The maximum atomic E-state index is 12.2. The Kier molecular flexibility index (Phi) is 5.78. The summed E-state index contributed by atoms with van der Waals surface area (Å²) >= 11 is 11.9. The summed E-state index contributed by atoms with van der Waals surface area (Å²) in [6.45, 7) is 1.75. The van der Waals surface area contributed by atoms with Crippen molar-refractivity contribution < 1.29 is 9.59 Å². The van der Waals surface area contributed by atoms with Gasteiger partial charge in [0.25, 0.3) is 5.91 Å². The van der Waals surface area contributed by atoms with Crippen molar-refractivity contribution in [3.8, 4) is 5.69 Å². The van der Waals surface area contributed by atoms with Crippen LogP contribution in [0.25, 0.3) is 5.69 Å². The van der Waals surface area contributed by atoms with Crippen molar-refractivity contribution in [1.29, 1.82) is 0 Å². The van der Waals surface area contributed by atoms with Gasteiger partial charge >= 0.3 is 0 Å². The molecule has 0 fully saturated rings. The van der Waals surface area contributed by atoms with E-state index >= 15 is 0 Å². The van der Waals surface area contributed by atoms with E-state index < -0.39 is 5.91 Å². The number of aryl methyl sites for hydroxylation is 1. The maximum Gasteiger partial charge on any atom is 0.251 e. The number of nitrogens with one attached hydrogen (secondary N) is 2. The smallest absolute Gasteiger partial charge is 0.251 e. The van der Waals surface area contributed by atoms with Gasteiger partial charge in [-0.2, -0.15) is 5.10 Å². The van der Waals surface area contributed by atoms with Crippen LogP contribution >= 0.6 is 23.2 Å². The third-order valence-corrected chi connectivity index (χ3v) is 4.38. The highest BCUT2D eigenvalue weighted by atomic mass is 35.5. The van der Waals surface area contributed by atoms with Gasteiger partial charge in [0.2, 0.25) is 5.91 Å². The Balaban J connectivity index is 1.58. The number of benzene rings is 2. The van der Waals surface area contributed by atoms with Gasteiger partial charge in [0, 0.05) is 22.5 Å². The Morgan fingerprint density at radius 2 is 1.81 bits per heavy atom. The number of halogens is 2. The molecule has 1 heterocycles. The molecular weight excluding hydrogens is 387 g/mol. The van der Waals surface area contributed by atoms with Gasteiger partial charge in [0.1, 0.15) is 0 Å². The molecule has 0 unspecified atom stereocenters. The average Bonchev–Trinajstić information content (AvgIpc) is 3.09. The summed E-state index contributed by atoms with van der Waals surface area (Å²) in [5.74, 6) is -0.762. The molecule has 0 bridgehead atoms. The van der Waals surface area contributed by atoms with E-state index in [2.05, 4.69) is 15.7 Å². The number of carbonyl (C=O) groups is 2. The van der Waals surface area contributed by atoms with Gasteiger partial charge in [0.05, 0.1) is 22.9 Å². The molecular formula is C19H16Cl2N4O2. The predicted molar refractivity (Wildman–Crippen MR) is 106 cm³/mol. The lowest BCUT2D eigenvalue weighted by atomic mass is 10.2. The van der Waals surface area contributed by atoms with Crippen LogP contribution in [0.15, 0.2) is 54.7 Å². The summed E-state index contributed by atoms with van der Waals surface area (Å²) in [6, 6.07) is 13.6. The fourth-order valence-corrected chi connectivity index (χ4v) is 2.78. The second kappa shape index (κ2) is 8.24. The number of aromatic nitrogens is 2. The molecule has 0 atom stereocenters. The number of hydrogen-bond donors (Lipinski definition) is 2. The second-order valence-electron chi connectivity index (χ2n) is 5.79. The van der Waals surface area contributed by atoms with E-state index in [1.54, 1.807) is 53.3 Å². The van der Waals surface area contributed by atoms with Crippen molar-refractivity contribution >= 4 is 40.7 Å². The molecule has 0 saturated carbocycles. The van der Waals surface area contributed by atoms with Crippen molar-refractivity contribution in [1.82, 2.24) is 15.1 Å². The first-order chi connectivity index (χ1) is 12.9. The fraction of sp³-hybridized carbons (Fsp3) is 0.105. The van der Waals surface area contributed by atoms with Crippen LogP contribution in [0.4, 0.5) is 5.69 Å². The quantitative estimate of drug-likeness (QED) is 0.680. The lowest BCUT2D eigenvalue weighted by Crippen LogP contribution is -2.32. The maximum absolute atomic E-state index is 12.2. The van der Waals surface area contributed by atoms with Gasteiger partial charge in [-0.15, -0.1) is 0 Å². The summed E-state index contributed by atoms with van der Waals surface area (Å²) in [7, 11) is 0. The molecule has 0 spiro atoms. The number of nitrogens with zero attached hydrogens (tertiary/aromatic N) is 2. The van der Waals surface area contributed by atoms with Crippen LogP contribution in [0.5, 0.6) is 0 Å². The van der Waals surface area contributed by atoms with E-state index in [4.69, 9.17) is 23.2 Å². The fourth-order valence-electron chi connectivity index (χ4n) is 2.44. The van der Waals surface area contributed by atoms with E-state index in [9.17, 15) is 9.59 Å². The number of carbonyl (C=O) groups excluding carboxylic acids is 2. The van der Waals surface area contributed by atoms with Gasteiger partial charge in [-0.3, -0.25) is 9.59 Å². The lowest BCUT2D eigenvalue weighted by molar-refractivity contribution is -0.115. The first-order valence-corrected chi connectivity index (χ1v) is 8.84. The first-order valence-electron chi connectivity index (χ1n) is 8.08. The zero-order valence-electron chi connectivity index (χ0n) is 14.4. The second-order valence-corrected chi connectivity index (χ2v) is 6.63. The Morgan fingerprint density at radius 1 is 1.07 bits per heavy atom. The molecule has 0 aliphatic rings. The van der Waals surface area contributed by atoms with E-state index in [1.807, 2.05) is 13.0 Å². The molecule has 0 radical (unpaired) electrons. The third-order valence-electron chi connectivity index (χ3n) is 3.82. The van der Waals surface area contributed by atoms with E-state index in [0.29, 0.717) is 21.3 Å². The van der Waals surface area contributed by atoms with Crippen molar-refractivity contribution in [2.24, 2.45) is 0 Å². The number of rotatable bonds is 5. The highest BCUT2D eigenvalue weighted by molar-refractivity contribution is 6.35. The third kappa shape index (κ3) is 4.67. The van der Waals surface area contributed by atoms with Crippen molar-refractivity contribution in [2.45, 2.75) is 6.92 Å². The van der Waals surface area contributed by atoms with Crippen LogP contribution in [0.3, 0.4) is 0 Å². The highest BCUT2D eigenvalue weighted by Gasteiger charge is 2.11. The zero-order chi connectivity index (χ0) is 19.4. The average molecular weight is 403 g/mol. The minimum atomic E-state index is -0.406. The Hall–Kier alpha value is -2.83. The minimum absolute atomic E-state index is 0.193. The standard InChI is InChI=1S/C19H16Cl2N4O2/c1-12-8-9-23-25(12)15-5-2-13(3-6-15)19(27)22-11-18(26)24-17-10-14(20)4-7-16(17)21/h2-10H,11H2,1H3,(H,22,27)(H,24,26). The SMILES string of the molecule is Cc1ccnn1-c1ccc(C(=O)NCC(=O)Nc2cc(Cl)ccc2Cl)cc1. The Morgan fingerprint density at radius 3 is 2.48 bits per heavy atom. The topological polar surface area (TPSA) is 76.0 Å². The van der Waals surface area contributed by atoms with E-state index in [1.165, 1.54) is 0 Å². The van der Waals surface area contributed by atoms with Crippen molar-refractivity contribution in [3.63, 3.8) is 0 Å². The van der Waals surface area contributed by atoms with E-state index in [0.717, 1.165) is 11.4 Å². The van der Waals surface area contributed by atoms with Crippen LogP contribution in [0, 0.1) is 6.92 Å². The van der Waals surface area contributed by atoms with Crippen molar-refractivity contribution in [3.05, 3.63) is 76.0 Å². The molecule has 1 aromatic heterocycles. The molecule has 0 aliphatic heterocycles. The molecule has 2 N–H and O–H groups in total. The molecule has 2 aromatic carbocycles. The molecule has 3 rings (SSSR count). The van der Waals surface area contributed by atoms with Crippen LogP contribution in [0.2, 0.25) is 10.0 Å². The lowest BCUT2D eigenvalue weighted by Gasteiger charge is -2.09. The van der Waals surface area contributed by atoms with Crippen LogP contribution in [-0.4, -0.2) is 28.1 Å². The number of amides is 2. The summed E-state index contributed by atoms with van der Waals surface area (Å²) < 4.78 is 1.77. The van der Waals surface area contributed by atoms with E-state index in [-0.39, 0.29) is 12.5 Å². The molecule has 2 amide bonds. The van der Waals surface area contributed by atoms with Gasteiger partial charge in [-0.05, 0) is 55.5 Å². The van der Waals surface area contributed by atoms with Crippen LogP contribution < -0.4 is 10.6 Å². The normalized spacial score (nSPS) is 10.5. The van der Waals surface area contributed by atoms with Crippen LogP contribution in [-0.2, 0) is 4.79 Å². The molecule has 8 heteroatoms. The monoisotopic (exact) mass is 402 g/mol. The number of hydrogen-bond acceptors (Lipinski definition) is 3. The molecule has 3 aromatic rings. The summed E-state index contributed by atoms with van der Waals surface area (Å²) in [5, 5.41) is 10.2. The summed E-state index contributed by atoms with van der Waals surface area (Å²) in [6.07, 6.45) is 1.71. The van der Waals surface area contributed by atoms with Crippen molar-refractivity contribution in [2.75, 3.05) is 11.9 Å². The molecule has 0 saturated heterocycles. The van der Waals surface area contributed by atoms with Gasteiger partial charge in [-0.25, -0.2) is 4.68 Å². The molecule has 27 heavy (non-hydrogen) atoms. The summed E-state index contributed by atoms with van der Waals surface area (Å²) in [4.78, 5) is 24.2. The van der Waals surface area contributed by atoms with Crippen LogP contribution in [0.1, 0.15) is 16.1 Å². The minimum Gasteiger partial charge on any atom is -0.343 e. The largest absolute Gasteiger partial charge is 0.343 e. The van der Waals surface area contributed by atoms with Gasteiger partial charge < -0.3 is 10.6 Å². The molecule has 0 aliphatic carbocycles. The van der Waals surface area contributed by atoms with Gasteiger partial charge in [-0.1, -0.05) is 23.2 Å². The Labute approximate surface area is 166 Å². The van der Waals surface area contributed by atoms with Gasteiger partial charge in [0.15, 0.2) is 0 Å². The molecule has 138 valence electrons.